The fourth-order valence-electron chi connectivity index (χ4n) is 2.73. The maximum Gasteiger partial charge on any atom is 0.111 e. The van der Waals surface area contributed by atoms with Crippen LogP contribution in [-0.4, -0.2) is 15.4 Å². The third-order valence-corrected chi connectivity index (χ3v) is 4.69. The van der Waals surface area contributed by atoms with Gasteiger partial charge in [-0.2, -0.15) is 0 Å². The lowest BCUT2D eigenvalue weighted by atomic mass is 10.1. The normalized spacial score (nSPS) is 17.0. The molecule has 0 bridgehead atoms. The van der Waals surface area contributed by atoms with Gasteiger partial charge in [0, 0.05) is 23.3 Å². The largest absolute Gasteiger partial charge is 0.328 e. The predicted molar refractivity (Wildman–Crippen MR) is 83.7 cm³/mol. The summed E-state index contributed by atoms with van der Waals surface area (Å²) in [6, 6.07) is 6.34. The Morgan fingerprint density at radius 1 is 1.47 bits per heavy atom. The Labute approximate surface area is 127 Å². The Morgan fingerprint density at radius 2 is 2.26 bits per heavy atom. The van der Waals surface area contributed by atoms with Gasteiger partial charge in [-0.05, 0) is 42.9 Å². The van der Waals surface area contributed by atoms with Crippen molar-refractivity contribution in [3.8, 4) is 0 Å². The molecule has 1 aliphatic carbocycles. The first-order chi connectivity index (χ1) is 9.19. The lowest BCUT2D eigenvalue weighted by Gasteiger charge is -2.14. The lowest BCUT2D eigenvalue weighted by Crippen LogP contribution is -2.12. The molecule has 4 heteroatoms. The third kappa shape index (κ3) is 2.82. The van der Waals surface area contributed by atoms with Gasteiger partial charge in [0.2, 0.25) is 0 Å². The van der Waals surface area contributed by atoms with Crippen molar-refractivity contribution in [3.63, 3.8) is 0 Å². The quantitative estimate of drug-likeness (QED) is 0.725. The van der Waals surface area contributed by atoms with Crippen molar-refractivity contribution in [3.05, 3.63) is 28.5 Å². The first-order valence-corrected chi connectivity index (χ1v) is 8.22. The van der Waals surface area contributed by atoms with E-state index in [0.717, 1.165) is 40.6 Å². The summed E-state index contributed by atoms with van der Waals surface area (Å²) in [7, 11) is 0. The van der Waals surface area contributed by atoms with Gasteiger partial charge in [-0.15, -0.1) is 11.6 Å². The van der Waals surface area contributed by atoms with Crippen LogP contribution in [0.1, 0.15) is 25.6 Å². The van der Waals surface area contributed by atoms with Crippen molar-refractivity contribution in [1.29, 1.82) is 0 Å². The SMILES string of the molecule is CC(Cn1c(CCCl)nc2cc(Br)ccc21)C1CC1. The highest BCUT2D eigenvalue weighted by Gasteiger charge is 2.28. The smallest absolute Gasteiger partial charge is 0.111 e. The number of benzene rings is 1. The van der Waals surface area contributed by atoms with Gasteiger partial charge < -0.3 is 4.57 Å². The van der Waals surface area contributed by atoms with Crippen molar-refractivity contribution in [2.75, 3.05) is 5.88 Å². The van der Waals surface area contributed by atoms with Crippen LogP contribution in [-0.2, 0) is 13.0 Å². The fourth-order valence-corrected chi connectivity index (χ4v) is 3.25. The molecule has 1 unspecified atom stereocenters. The molecular weight excluding hydrogens is 324 g/mol. The number of halogens is 2. The van der Waals surface area contributed by atoms with Gasteiger partial charge in [0.15, 0.2) is 0 Å². The first-order valence-electron chi connectivity index (χ1n) is 6.89. The zero-order valence-electron chi connectivity index (χ0n) is 11.1. The van der Waals surface area contributed by atoms with Crippen LogP contribution in [0.2, 0.25) is 0 Å². The van der Waals surface area contributed by atoms with E-state index >= 15 is 0 Å². The predicted octanol–water partition coefficient (Wildman–Crippen LogP) is 4.63. The molecule has 3 rings (SSSR count). The van der Waals surface area contributed by atoms with E-state index < -0.39 is 0 Å². The molecule has 0 radical (unpaired) electrons. The minimum absolute atomic E-state index is 0.627. The standard InChI is InChI=1S/C15H18BrClN2/c1-10(11-2-3-11)9-19-14-5-4-12(16)8-13(14)18-15(19)6-7-17/h4-5,8,10-11H,2-3,6-7,9H2,1H3. The minimum atomic E-state index is 0.627. The van der Waals surface area contributed by atoms with Crippen LogP contribution < -0.4 is 0 Å². The summed E-state index contributed by atoms with van der Waals surface area (Å²) in [5, 5.41) is 0. The van der Waals surface area contributed by atoms with Crippen LogP contribution in [0.25, 0.3) is 11.0 Å². The molecular formula is C15H18BrClN2. The third-order valence-electron chi connectivity index (χ3n) is 4.00. The first kappa shape index (κ1) is 13.4. The Hall–Kier alpha value is -0.540. The second-order valence-corrected chi connectivity index (χ2v) is 6.82. The number of aryl methyl sites for hydroxylation is 1. The van der Waals surface area contributed by atoms with E-state index in [2.05, 4.69) is 45.6 Å². The molecule has 1 fully saturated rings. The van der Waals surface area contributed by atoms with Crippen LogP contribution in [0.15, 0.2) is 22.7 Å². The van der Waals surface area contributed by atoms with E-state index in [4.69, 9.17) is 16.6 Å². The molecule has 102 valence electrons. The minimum Gasteiger partial charge on any atom is -0.328 e. The lowest BCUT2D eigenvalue weighted by molar-refractivity contribution is 0.429. The van der Waals surface area contributed by atoms with E-state index in [-0.39, 0.29) is 0 Å². The van der Waals surface area contributed by atoms with Gasteiger partial charge in [0.1, 0.15) is 5.82 Å². The summed E-state index contributed by atoms with van der Waals surface area (Å²) in [4.78, 5) is 4.74. The second-order valence-electron chi connectivity index (χ2n) is 5.53. The molecule has 1 heterocycles. The van der Waals surface area contributed by atoms with Gasteiger partial charge in [0.05, 0.1) is 11.0 Å². The molecule has 0 aliphatic heterocycles. The van der Waals surface area contributed by atoms with Crippen molar-refractivity contribution >= 4 is 38.6 Å². The number of fused-ring (bicyclic) bond motifs is 1. The molecule has 1 atom stereocenters. The number of aromatic nitrogens is 2. The fraction of sp³-hybridized carbons (Fsp3) is 0.533. The Kier molecular flexibility index (Phi) is 3.86. The van der Waals surface area contributed by atoms with E-state index in [9.17, 15) is 0 Å². The average Bonchev–Trinajstić information content (AvgIpc) is 3.16. The molecule has 0 spiro atoms. The van der Waals surface area contributed by atoms with Crippen LogP contribution in [0.3, 0.4) is 0 Å². The van der Waals surface area contributed by atoms with Gasteiger partial charge in [-0.1, -0.05) is 22.9 Å². The summed E-state index contributed by atoms with van der Waals surface area (Å²) in [5.41, 5.74) is 2.30. The molecule has 1 aromatic heterocycles. The Balaban J connectivity index is 1.99. The zero-order chi connectivity index (χ0) is 13.4. The second kappa shape index (κ2) is 5.45. The van der Waals surface area contributed by atoms with Crippen molar-refractivity contribution in [2.45, 2.75) is 32.7 Å². The molecule has 2 aromatic rings. The van der Waals surface area contributed by atoms with E-state index in [1.165, 1.54) is 18.4 Å². The molecule has 1 aliphatic rings. The number of nitrogens with zero attached hydrogens (tertiary/aromatic N) is 2. The molecule has 1 saturated carbocycles. The van der Waals surface area contributed by atoms with Crippen LogP contribution in [0.4, 0.5) is 0 Å². The Morgan fingerprint density at radius 3 is 2.95 bits per heavy atom. The topological polar surface area (TPSA) is 17.8 Å². The summed E-state index contributed by atoms with van der Waals surface area (Å²) < 4.78 is 3.45. The molecule has 1 aromatic carbocycles. The molecule has 0 saturated heterocycles. The summed E-state index contributed by atoms with van der Waals surface area (Å²) in [5.74, 6) is 3.39. The van der Waals surface area contributed by atoms with Gasteiger partial charge in [-0.25, -0.2) is 4.98 Å². The number of alkyl halides is 1. The average molecular weight is 342 g/mol. The number of rotatable bonds is 5. The summed E-state index contributed by atoms with van der Waals surface area (Å²) in [6.07, 6.45) is 3.62. The molecule has 0 N–H and O–H groups in total. The van der Waals surface area contributed by atoms with Crippen LogP contribution >= 0.6 is 27.5 Å². The van der Waals surface area contributed by atoms with Gasteiger partial charge in [-0.3, -0.25) is 0 Å². The highest BCUT2D eigenvalue weighted by molar-refractivity contribution is 9.10. The van der Waals surface area contributed by atoms with Gasteiger partial charge >= 0.3 is 0 Å². The van der Waals surface area contributed by atoms with Crippen LogP contribution in [0.5, 0.6) is 0 Å². The maximum atomic E-state index is 5.92. The number of imidazole rings is 1. The van der Waals surface area contributed by atoms with Crippen molar-refractivity contribution in [1.82, 2.24) is 9.55 Å². The van der Waals surface area contributed by atoms with E-state index in [0.29, 0.717) is 5.88 Å². The van der Waals surface area contributed by atoms with Crippen molar-refractivity contribution in [2.24, 2.45) is 11.8 Å². The molecule has 19 heavy (non-hydrogen) atoms. The maximum absolute atomic E-state index is 5.92. The van der Waals surface area contributed by atoms with E-state index in [1.807, 2.05) is 0 Å². The van der Waals surface area contributed by atoms with Gasteiger partial charge in [0.25, 0.3) is 0 Å². The van der Waals surface area contributed by atoms with E-state index in [1.54, 1.807) is 0 Å². The zero-order valence-corrected chi connectivity index (χ0v) is 13.4. The number of hydrogen-bond donors (Lipinski definition) is 0. The van der Waals surface area contributed by atoms with Crippen molar-refractivity contribution < 1.29 is 0 Å². The molecule has 2 nitrogen and oxygen atoms in total. The Bertz CT molecular complexity index is 589. The monoisotopic (exact) mass is 340 g/mol. The summed E-state index contributed by atoms with van der Waals surface area (Å²) in [6.45, 7) is 3.42. The van der Waals surface area contributed by atoms with Crippen LogP contribution in [0, 0.1) is 11.8 Å². The highest BCUT2D eigenvalue weighted by atomic mass is 79.9. The highest BCUT2D eigenvalue weighted by Crippen LogP contribution is 2.38. The molecule has 0 amide bonds. The number of hydrogen-bond acceptors (Lipinski definition) is 1. The summed E-state index contributed by atoms with van der Waals surface area (Å²) >= 11 is 9.43.